The Bertz CT molecular complexity index is 865. The molecule has 4 rings (SSSR count). The number of rotatable bonds is 5. The first-order valence-corrected chi connectivity index (χ1v) is 11.1. The van der Waals surface area contributed by atoms with E-state index in [1.165, 1.54) is 23.5 Å². The fourth-order valence-corrected chi connectivity index (χ4v) is 4.77. The molecule has 1 amide bonds. The van der Waals surface area contributed by atoms with E-state index in [2.05, 4.69) is 10.3 Å². The first kappa shape index (κ1) is 22.2. The van der Waals surface area contributed by atoms with Crippen molar-refractivity contribution in [2.45, 2.75) is 50.2 Å². The van der Waals surface area contributed by atoms with Gasteiger partial charge in [0.15, 0.2) is 5.13 Å². The van der Waals surface area contributed by atoms with Gasteiger partial charge in [-0.2, -0.15) is 0 Å². The molecule has 1 aromatic carbocycles. The van der Waals surface area contributed by atoms with Gasteiger partial charge in [0, 0.05) is 36.8 Å². The lowest BCUT2D eigenvalue weighted by Crippen LogP contribution is -2.55. The highest BCUT2D eigenvalue weighted by Crippen LogP contribution is 2.29. The van der Waals surface area contributed by atoms with Gasteiger partial charge in [0.2, 0.25) is 5.91 Å². The van der Waals surface area contributed by atoms with Gasteiger partial charge in [-0.15, -0.1) is 11.3 Å². The summed E-state index contributed by atoms with van der Waals surface area (Å²) in [6.07, 6.45) is 1.92. The summed E-state index contributed by atoms with van der Waals surface area (Å²) in [4.78, 5) is 18.4. The van der Waals surface area contributed by atoms with Gasteiger partial charge in [0.1, 0.15) is 11.6 Å². The third-order valence-electron chi connectivity index (χ3n) is 5.49. The largest absolute Gasteiger partial charge is 0.389 e. The molecule has 2 aromatic rings. The summed E-state index contributed by atoms with van der Waals surface area (Å²) >= 11 is 1.35. The number of thiazole rings is 1. The Morgan fingerprint density at radius 3 is 2.81 bits per heavy atom. The molecule has 2 N–H and O–H groups in total. The fraction of sp³-hybridized carbons (Fsp3) is 0.524. The second-order valence-corrected chi connectivity index (χ2v) is 8.82. The lowest BCUT2D eigenvalue weighted by atomic mass is 9.94. The topological polar surface area (TPSA) is 83.9 Å². The Morgan fingerprint density at radius 2 is 2.06 bits per heavy atom. The number of fused-ring (bicyclic) bond motifs is 1. The maximum atomic E-state index is 13.7. The van der Waals surface area contributed by atoms with Crippen LogP contribution in [-0.2, 0) is 20.8 Å². The molecule has 2 aliphatic rings. The van der Waals surface area contributed by atoms with Gasteiger partial charge in [0.25, 0.3) is 0 Å². The number of benzene rings is 1. The molecular weight excluding hydrogens is 428 g/mol. The van der Waals surface area contributed by atoms with Crippen LogP contribution in [0, 0.1) is 11.6 Å². The number of hydrogen-bond donors (Lipinski definition) is 2. The van der Waals surface area contributed by atoms with Crippen molar-refractivity contribution in [1.82, 2.24) is 9.88 Å². The van der Waals surface area contributed by atoms with Crippen LogP contribution in [0.4, 0.5) is 13.9 Å². The van der Waals surface area contributed by atoms with E-state index in [9.17, 15) is 18.7 Å². The zero-order chi connectivity index (χ0) is 21.8. The minimum atomic E-state index is -0.707. The smallest absolute Gasteiger partial charge is 0.228 e. The van der Waals surface area contributed by atoms with E-state index in [1.807, 2.05) is 4.90 Å². The van der Waals surface area contributed by atoms with Crippen molar-refractivity contribution in [1.29, 1.82) is 0 Å². The summed E-state index contributed by atoms with van der Waals surface area (Å²) in [6.45, 7) is 1.01. The first-order valence-electron chi connectivity index (χ1n) is 10.3. The molecule has 4 atom stereocenters. The lowest BCUT2D eigenvalue weighted by molar-refractivity contribution is -0.156. The van der Waals surface area contributed by atoms with E-state index in [4.69, 9.17) is 9.47 Å². The number of carbonyl (C=O) groups is 1. The fourth-order valence-electron chi connectivity index (χ4n) is 4.23. The van der Waals surface area contributed by atoms with Gasteiger partial charge in [0.05, 0.1) is 37.9 Å². The molecule has 0 unspecified atom stereocenters. The van der Waals surface area contributed by atoms with E-state index in [0.717, 1.165) is 6.07 Å². The Kier molecular flexibility index (Phi) is 7.24. The maximum absolute atomic E-state index is 13.7. The van der Waals surface area contributed by atoms with Gasteiger partial charge < -0.3 is 19.9 Å². The molecule has 0 radical (unpaired) electrons. The summed E-state index contributed by atoms with van der Waals surface area (Å²) in [5.41, 5.74) is 0.495. The lowest BCUT2D eigenvalue weighted by Gasteiger charge is -2.44. The molecule has 2 fully saturated rings. The van der Waals surface area contributed by atoms with Crippen molar-refractivity contribution < 1.29 is 28.2 Å². The molecule has 168 valence electrons. The Morgan fingerprint density at radius 1 is 1.26 bits per heavy atom. The summed E-state index contributed by atoms with van der Waals surface area (Å²) < 4.78 is 39.1. The molecule has 3 heterocycles. The van der Waals surface area contributed by atoms with Crippen LogP contribution in [0.5, 0.6) is 0 Å². The van der Waals surface area contributed by atoms with Gasteiger partial charge >= 0.3 is 0 Å². The van der Waals surface area contributed by atoms with Crippen LogP contribution in [-0.4, -0.2) is 65.0 Å². The van der Waals surface area contributed by atoms with Crippen molar-refractivity contribution in [3.05, 3.63) is 47.0 Å². The van der Waals surface area contributed by atoms with Gasteiger partial charge in [-0.25, -0.2) is 13.8 Å². The first-order chi connectivity index (χ1) is 15.0. The number of carbonyl (C=O) groups excluding carboxylic acids is 1. The van der Waals surface area contributed by atoms with Crippen LogP contribution < -0.4 is 5.32 Å². The summed E-state index contributed by atoms with van der Waals surface area (Å²) in [5.74, 6) is -1.42. The second-order valence-electron chi connectivity index (χ2n) is 7.93. The van der Waals surface area contributed by atoms with Crippen LogP contribution >= 0.6 is 11.3 Å². The molecular formula is C21H25F2N3O4S. The van der Waals surface area contributed by atoms with Crippen LogP contribution in [0.25, 0.3) is 0 Å². The van der Waals surface area contributed by atoms with Crippen LogP contribution in [0.1, 0.15) is 24.8 Å². The molecule has 0 saturated carbocycles. The predicted molar refractivity (Wildman–Crippen MR) is 111 cm³/mol. The Hall–Kier alpha value is -1.98. The van der Waals surface area contributed by atoms with Gasteiger partial charge in [-0.1, -0.05) is 0 Å². The van der Waals surface area contributed by atoms with Crippen LogP contribution in [0.3, 0.4) is 0 Å². The third-order valence-corrected chi connectivity index (χ3v) is 6.18. The van der Waals surface area contributed by atoms with Crippen molar-refractivity contribution in [3.8, 4) is 0 Å². The average molecular weight is 454 g/mol. The number of aliphatic hydroxyl groups excluding tert-OH is 1. The van der Waals surface area contributed by atoms with Crippen molar-refractivity contribution in [2.24, 2.45) is 0 Å². The zero-order valence-corrected chi connectivity index (χ0v) is 17.7. The monoisotopic (exact) mass is 453 g/mol. The number of halogens is 2. The minimum absolute atomic E-state index is 0.0976. The van der Waals surface area contributed by atoms with E-state index in [0.29, 0.717) is 30.1 Å². The minimum Gasteiger partial charge on any atom is -0.389 e. The van der Waals surface area contributed by atoms with E-state index in [-0.39, 0.29) is 50.3 Å². The van der Waals surface area contributed by atoms with Gasteiger partial charge in [-0.05, 0) is 30.5 Å². The molecule has 10 heteroatoms. The number of nitrogens with one attached hydrogen (secondary N) is 1. The molecule has 2 saturated heterocycles. The normalized spacial score (nSPS) is 27.2. The third kappa shape index (κ3) is 6.05. The SMILES string of the molecule is O=C(C[C@@H]1CC[C@H]2[C@@H](COC[C@@H](O)CN2Cc2cc(F)cc(F)c2)O1)Nc1nccs1. The number of hydrogen-bond acceptors (Lipinski definition) is 7. The van der Waals surface area contributed by atoms with E-state index >= 15 is 0 Å². The second kappa shape index (κ2) is 10.1. The van der Waals surface area contributed by atoms with Crippen molar-refractivity contribution in [2.75, 3.05) is 25.1 Å². The molecule has 2 aliphatic heterocycles. The maximum Gasteiger partial charge on any atom is 0.228 e. The van der Waals surface area contributed by atoms with E-state index in [1.54, 1.807) is 11.6 Å². The van der Waals surface area contributed by atoms with Crippen LogP contribution in [0.15, 0.2) is 29.8 Å². The Balaban J connectivity index is 1.42. The summed E-state index contributed by atoms with van der Waals surface area (Å²) in [6, 6.07) is 3.34. The number of β-amino-alcohol motifs (C(OH)–C–C–N with tert-alkyl or cyclic N) is 1. The number of amides is 1. The molecule has 1 aromatic heterocycles. The summed E-state index contributed by atoms with van der Waals surface area (Å²) in [7, 11) is 0. The van der Waals surface area contributed by atoms with E-state index < -0.39 is 17.7 Å². The molecule has 0 aliphatic carbocycles. The highest BCUT2D eigenvalue weighted by molar-refractivity contribution is 7.13. The summed E-state index contributed by atoms with van der Waals surface area (Å²) in [5, 5.41) is 15.3. The standard InChI is InChI=1S/C21H25F2N3O4S/c22-14-5-13(6-15(23)7-14)9-26-10-16(27)11-29-12-19-18(26)2-1-17(30-19)8-20(28)25-21-24-3-4-31-21/h3-7,16-19,27H,1-2,8-12H2,(H,24,25,28)/t16-,17-,18-,19+/m0/s1. The van der Waals surface area contributed by atoms with Crippen LogP contribution in [0.2, 0.25) is 0 Å². The van der Waals surface area contributed by atoms with Gasteiger partial charge in [-0.3, -0.25) is 9.69 Å². The molecule has 0 spiro atoms. The highest BCUT2D eigenvalue weighted by Gasteiger charge is 2.38. The number of anilines is 1. The highest BCUT2D eigenvalue weighted by atomic mass is 32.1. The predicted octanol–water partition coefficient (Wildman–Crippen LogP) is 2.56. The average Bonchev–Trinajstić information content (AvgIpc) is 3.18. The molecule has 7 nitrogen and oxygen atoms in total. The number of ether oxygens (including phenoxy) is 2. The molecule has 0 bridgehead atoms. The number of nitrogens with zero attached hydrogens (tertiary/aromatic N) is 2. The number of aliphatic hydroxyl groups is 1. The molecule has 31 heavy (non-hydrogen) atoms. The zero-order valence-electron chi connectivity index (χ0n) is 16.9. The quantitative estimate of drug-likeness (QED) is 0.724. The van der Waals surface area contributed by atoms with Crippen molar-refractivity contribution >= 4 is 22.4 Å². The number of aromatic nitrogens is 1. The van der Waals surface area contributed by atoms with Crippen molar-refractivity contribution in [3.63, 3.8) is 0 Å². The Labute approximate surface area is 183 Å².